The number of hydrogen-bond acceptors (Lipinski definition) is 9. The first-order valence-electron chi connectivity index (χ1n) is 16.4. The Hall–Kier alpha value is -3.17. The van der Waals surface area contributed by atoms with Crippen molar-refractivity contribution in [3.05, 3.63) is 47.5 Å². The third kappa shape index (κ3) is 6.13. The van der Waals surface area contributed by atoms with E-state index in [-0.39, 0.29) is 30.1 Å². The molecule has 248 valence electrons. The maximum absolute atomic E-state index is 13.9. The average Bonchev–Trinajstić information content (AvgIpc) is 3.67. The maximum atomic E-state index is 13.9. The fourth-order valence-corrected chi connectivity index (χ4v) is 8.73. The number of rotatable bonds is 9. The van der Waals surface area contributed by atoms with E-state index in [0.29, 0.717) is 36.8 Å². The first kappa shape index (κ1) is 31.4. The number of morpholine rings is 1. The number of nitrogens with one attached hydrogen (secondary N) is 1. The molecule has 14 heteroatoms. The molecule has 1 aliphatic carbocycles. The molecule has 46 heavy (non-hydrogen) atoms. The second kappa shape index (κ2) is 13.1. The largest absolute Gasteiger partial charge is 0.383 e. The molecule has 0 radical (unpaired) electrons. The number of amides is 1. The number of pyridine rings is 1. The number of halogens is 1. The van der Waals surface area contributed by atoms with Crippen LogP contribution in [0.4, 0.5) is 10.1 Å². The molecular weight excluding hydrogens is 613 g/mol. The first-order valence-corrected chi connectivity index (χ1v) is 17.9. The number of nitrogens with zero attached hydrogens (tertiary/aromatic N) is 6. The summed E-state index contributed by atoms with van der Waals surface area (Å²) in [5.74, 6) is -0.912. The molecule has 3 aliphatic heterocycles. The summed E-state index contributed by atoms with van der Waals surface area (Å²) in [6, 6.07) is 7.89. The molecule has 1 atom stereocenters. The number of carbonyl (C=O) groups excluding carboxylic acids is 1. The molecule has 1 N–H and O–H groups in total. The molecule has 3 saturated heterocycles. The highest BCUT2D eigenvalue weighted by atomic mass is 32.2. The minimum absolute atomic E-state index is 0.00714. The Morgan fingerprint density at radius 3 is 2.43 bits per heavy atom. The summed E-state index contributed by atoms with van der Waals surface area (Å²) < 4.78 is 56.9. The summed E-state index contributed by atoms with van der Waals surface area (Å²) in [4.78, 5) is 23.4. The lowest BCUT2D eigenvalue weighted by molar-refractivity contribution is 0.0115. The van der Waals surface area contributed by atoms with Gasteiger partial charge >= 0.3 is 10.2 Å². The molecule has 12 nitrogen and oxygen atoms in total. The number of aromatic nitrogens is 3. The Morgan fingerprint density at radius 1 is 1.02 bits per heavy atom. The smallest absolute Gasteiger partial charge is 0.304 e. The number of ether oxygens (including phenoxy) is 2. The van der Waals surface area contributed by atoms with E-state index in [0.717, 1.165) is 88.3 Å². The van der Waals surface area contributed by atoms with Crippen LogP contribution in [0, 0.1) is 5.82 Å². The zero-order chi connectivity index (χ0) is 31.8. The van der Waals surface area contributed by atoms with E-state index in [1.807, 2.05) is 0 Å². The summed E-state index contributed by atoms with van der Waals surface area (Å²) >= 11 is 0. The normalized spacial score (nSPS) is 22.4. The van der Waals surface area contributed by atoms with E-state index in [9.17, 15) is 17.6 Å². The van der Waals surface area contributed by atoms with Gasteiger partial charge in [-0.25, -0.2) is 18.8 Å². The zero-order valence-electron chi connectivity index (χ0n) is 26.2. The van der Waals surface area contributed by atoms with Gasteiger partial charge in [0.1, 0.15) is 11.5 Å². The molecule has 5 heterocycles. The van der Waals surface area contributed by atoms with Crippen molar-refractivity contribution in [2.45, 2.75) is 62.9 Å². The third-order valence-electron chi connectivity index (χ3n) is 10.0. The van der Waals surface area contributed by atoms with E-state index in [1.165, 1.54) is 23.5 Å². The van der Waals surface area contributed by atoms with E-state index in [4.69, 9.17) is 19.6 Å². The lowest BCUT2D eigenvalue weighted by atomic mass is 9.82. The quantitative estimate of drug-likeness (QED) is 0.371. The van der Waals surface area contributed by atoms with Gasteiger partial charge in [-0.2, -0.15) is 17.8 Å². The molecular formula is C32H42FN7O5S. The van der Waals surface area contributed by atoms with Gasteiger partial charge in [-0.05, 0) is 68.9 Å². The van der Waals surface area contributed by atoms with Crippen LogP contribution in [0.5, 0.6) is 0 Å². The van der Waals surface area contributed by atoms with Crippen molar-refractivity contribution < 1.29 is 27.1 Å². The van der Waals surface area contributed by atoms with Gasteiger partial charge < -0.3 is 14.4 Å². The predicted molar refractivity (Wildman–Crippen MR) is 171 cm³/mol. The van der Waals surface area contributed by atoms with Gasteiger partial charge in [0.05, 0.1) is 42.3 Å². The highest BCUT2D eigenvalue weighted by Gasteiger charge is 2.37. The summed E-state index contributed by atoms with van der Waals surface area (Å²) in [6.45, 7) is 5.49. The van der Waals surface area contributed by atoms with Crippen molar-refractivity contribution in [3.8, 4) is 5.69 Å². The summed E-state index contributed by atoms with van der Waals surface area (Å²) in [5.41, 5.74) is 2.82. The van der Waals surface area contributed by atoms with E-state index >= 15 is 0 Å². The van der Waals surface area contributed by atoms with Crippen molar-refractivity contribution in [1.29, 1.82) is 0 Å². The Balaban J connectivity index is 1.28. The van der Waals surface area contributed by atoms with Crippen LogP contribution in [0.1, 0.15) is 67.0 Å². The molecule has 1 aromatic carbocycles. The number of anilines is 1. The number of piperidine rings is 1. The predicted octanol–water partition coefficient (Wildman–Crippen LogP) is 3.21. The first-order chi connectivity index (χ1) is 22.3. The molecule has 0 spiro atoms. The second-order valence-corrected chi connectivity index (χ2v) is 14.4. The van der Waals surface area contributed by atoms with Crippen molar-refractivity contribution >= 4 is 32.8 Å². The second-order valence-electron chi connectivity index (χ2n) is 12.8. The third-order valence-corrected chi connectivity index (χ3v) is 11.6. The molecule has 2 aromatic heterocycles. The van der Waals surface area contributed by atoms with E-state index < -0.39 is 16.1 Å². The van der Waals surface area contributed by atoms with Gasteiger partial charge in [0, 0.05) is 57.8 Å². The Kier molecular flexibility index (Phi) is 8.98. The fraction of sp³-hybridized carbons (Fsp3) is 0.594. The molecule has 4 fully saturated rings. The van der Waals surface area contributed by atoms with Crippen molar-refractivity contribution in [1.82, 2.24) is 28.7 Å². The SMILES string of the molecule is COC[C@H]1CCCN1S(=O)(=O)NC(=O)c1cc(N2CCC(N3CCOCC3)CC2)c2c(C3CCC3)nn(-c3ccc(F)cc3)c2n1. The van der Waals surface area contributed by atoms with Crippen molar-refractivity contribution in [3.63, 3.8) is 0 Å². The van der Waals surface area contributed by atoms with Crippen LogP contribution in [0.2, 0.25) is 0 Å². The number of carbonyl (C=O) groups is 1. The van der Waals surface area contributed by atoms with E-state index in [1.54, 1.807) is 22.9 Å². The van der Waals surface area contributed by atoms with Gasteiger partial charge in [0.25, 0.3) is 5.91 Å². The lowest BCUT2D eigenvalue weighted by Crippen LogP contribution is -2.49. The van der Waals surface area contributed by atoms with Gasteiger partial charge in [0.15, 0.2) is 5.65 Å². The standard InChI is InChI=1S/C32H42FN7O5S/c1-44-21-26-6-3-13-39(26)46(42,43)36-32(41)27-20-28(38-14-11-24(12-15-38)37-16-18-45-19-17-37)29-30(22-4-2-5-22)35-40(31(29)34-27)25-9-7-23(33)8-10-25/h7-10,20,22,24,26H,2-6,11-19,21H2,1H3,(H,36,41)/t26-/m1/s1. The highest BCUT2D eigenvalue weighted by Crippen LogP contribution is 2.43. The number of hydrogen-bond donors (Lipinski definition) is 1. The maximum Gasteiger partial charge on any atom is 0.304 e. The van der Waals surface area contributed by atoms with Gasteiger partial charge in [-0.1, -0.05) is 6.42 Å². The number of methoxy groups -OCH3 is 1. The molecule has 1 amide bonds. The molecule has 3 aromatic rings. The van der Waals surface area contributed by atoms with Crippen LogP contribution in [-0.2, 0) is 19.7 Å². The molecule has 0 unspecified atom stereocenters. The van der Waals surface area contributed by atoms with Crippen LogP contribution in [0.3, 0.4) is 0 Å². The average molecular weight is 656 g/mol. The molecule has 4 aliphatic rings. The van der Waals surface area contributed by atoms with Crippen LogP contribution in [0.15, 0.2) is 30.3 Å². The number of benzene rings is 1. The van der Waals surface area contributed by atoms with Crippen LogP contribution in [0.25, 0.3) is 16.7 Å². The molecule has 1 saturated carbocycles. The topological polar surface area (TPSA) is 122 Å². The Morgan fingerprint density at radius 2 is 1.76 bits per heavy atom. The minimum Gasteiger partial charge on any atom is -0.383 e. The van der Waals surface area contributed by atoms with Crippen LogP contribution >= 0.6 is 0 Å². The fourth-order valence-electron chi connectivity index (χ4n) is 7.35. The lowest BCUT2D eigenvalue weighted by Gasteiger charge is -2.41. The van der Waals surface area contributed by atoms with Crippen molar-refractivity contribution in [2.24, 2.45) is 0 Å². The number of fused-ring (bicyclic) bond motifs is 1. The zero-order valence-corrected chi connectivity index (χ0v) is 27.1. The monoisotopic (exact) mass is 655 g/mol. The Bertz CT molecular complexity index is 1670. The van der Waals surface area contributed by atoms with Gasteiger partial charge in [-0.3, -0.25) is 9.69 Å². The van der Waals surface area contributed by atoms with Crippen LogP contribution < -0.4 is 9.62 Å². The summed E-state index contributed by atoms with van der Waals surface area (Å²) in [6.07, 6.45) is 6.40. The molecule has 7 rings (SSSR count). The van der Waals surface area contributed by atoms with E-state index in [2.05, 4.69) is 14.5 Å². The summed E-state index contributed by atoms with van der Waals surface area (Å²) in [7, 11) is -2.60. The minimum atomic E-state index is -4.14. The summed E-state index contributed by atoms with van der Waals surface area (Å²) in [5, 5.41) is 5.91. The van der Waals surface area contributed by atoms with Gasteiger partial charge in [0.2, 0.25) is 0 Å². The van der Waals surface area contributed by atoms with Crippen molar-refractivity contribution in [2.75, 3.05) is 64.6 Å². The molecule has 0 bridgehead atoms. The van der Waals surface area contributed by atoms with Crippen LogP contribution in [-0.4, -0.2) is 110 Å². The Labute approximate surface area is 269 Å². The highest BCUT2D eigenvalue weighted by molar-refractivity contribution is 7.87. The van der Waals surface area contributed by atoms with Gasteiger partial charge in [-0.15, -0.1) is 0 Å².